The van der Waals surface area contributed by atoms with Crippen LogP contribution in [0.25, 0.3) is 0 Å². The van der Waals surface area contributed by atoms with Crippen LogP contribution in [0.15, 0.2) is 24.5 Å². The Balaban J connectivity index is 1.94. The smallest absolute Gasteiger partial charge is 0.321 e. The van der Waals surface area contributed by atoms with Gasteiger partial charge >= 0.3 is 11.9 Å². The lowest BCUT2D eigenvalue weighted by molar-refractivity contribution is -0.162. The maximum atomic E-state index is 12.3. The molecule has 6 nitrogen and oxygen atoms in total. The van der Waals surface area contributed by atoms with Crippen LogP contribution in [0.4, 0.5) is 0 Å². The number of nitrogens with one attached hydrogen (secondary N) is 1. The summed E-state index contributed by atoms with van der Waals surface area (Å²) in [6.45, 7) is 5.81. The average molecular weight is 320 g/mol. The topological polar surface area (TPSA) is 88.5 Å². The van der Waals surface area contributed by atoms with Gasteiger partial charge in [-0.05, 0) is 51.7 Å². The van der Waals surface area contributed by atoms with Gasteiger partial charge in [0.05, 0.1) is 5.41 Å². The van der Waals surface area contributed by atoms with E-state index in [1.165, 1.54) is 0 Å². The van der Waals surface area contributed by atoms with E-state index in [4.69, 9.17) is 4.74 Å². The van der Waals surface area contributed by atoms with E-state index in [9.17, 15) is 14.7 Å². The molecule has 1 saturated carbocycles. The van der Waals surface area contributed by atoms with Crippen molar-refractivity contribution >= 4 is 11.9 Å². The van der Waals surface area contributed by atoms with Crippen LogP contribution in [0.2, 0.25) is 0 Å². The number of carboxylic acids is 1. The van der Waals surface area contributed by atoms with Crippen molar-refractivity contribution in [3.8, 4) is 0 Å². The summed E-state index contributed by atoms with van der Waals surface area (Å²) in [6, 6.07) is 2.86. The Morgan fingerprint density at radius 2 is 2.13 bits per heavy atom. The number of carboxylic acid groups (broad SMARTS) is 1. The zero-order valence-corrected chi connectivity index (χ0v) is 13.8. The molecule has 0 aromatic carbocycles. The van der Waals surface area contributed by atoms with Crippen molar-refractivity contribution in [1.29, 1.82) is 0 Å². The molecule has 1 heterocycles. The number of pyridine rings is 1. The van der Waals surface area contributed by atoms with Gasteiger partial charge in [0.1, 0.15) is 11.6 Å². The molecule has 0 radical (unpaired) electrons. The van der Waals surface area contributed by atoms with Crippen LogP contribution < -0.4 is 5.32 Å². The standard InChI is InChI=1S/C17H24N2O4/c1-16(2,3)23-15(22)17(6-7-17)11-19-13(14(20)21)9-12-5-4-8-18-10-12/h4-5,8,10,13,19H,6-7,9,11H2,1-3H3,(H,20,21)/t13-/m1/s1. The van der Waals surface area contributed by atoms with Crippen LogP contribution in [-0.2, 0) is 20.7 Å². The summed E-state index contributed by atoms with van der Waals surface area (Å²) in [5.41, 5.74) is -0.265. The number of ether oxygens (including phenoxy) is 1. The molecule has 0 spiro atoms. The van der Waals surface area contributed by atoms with E-state index >= 15 is 0 Å². The second-order valence-electron chi connectivity index (χ2n) is 7.12. The lowest BCUT2D eigenvalue weighted by Crippen LogP contribution is -2.44. The lowest BCUT2D eigenvalue weighted by Gasteiger charge is -2.25. The molecule has 23 heavy (non-hydrogen) atoms. The Morgan fingerprint density at radius 3 is 2.61 bits per heavy atom. The number of carbonyl (C=O) groups is 2. The first kappa shape index (κ1) is 17.4. The molecule has 0 unspecified atom stereocenters. The molecular formula is C17H24N2O4. The number of aromatic nitrogens is 1. The Labute approximate surface area is 136 Å². The minimum Gasteiger partial charge on any atom is -0.480 e. The number of aliphatic carboxylic acids is 1. The van der Waals surface area contributed by atoms with Gasteiger partial charge in [-0.25, -0.2) is 0 Å². The number of nitrogens with zero attached hydrogens (tertiary/aromatic N) is 1. The van der Waals surface area contributed by atoms with Crippen molar-refractivity contribution < 1.29 is 19.4 Å². The fourth-order valence-electron chi connectivity index (χ4n) is 2.31. The Hall–Kier alpha value is -1.95. The number of hydrogen-bond acceptors (Lipinski definition) is 5. The fourth-order valence-corrected chi connectivity index (χ4v) is 2.31. The van der Waals surface area contributed by atoms with Crippen LogP contribution in [0.3, 0.4) is 0 Å². The highest BCUT2D eigenvalue weighted by atomic mass is 16.6. The van der Waals surface area contributed by atoms with Crippen LogP contribution in [0, 0.1) is 5.41 Å². The molecule has 1 aliphatic rings. The molecule has 1 aromatic rings. The Morgan fingerprint density at radius 1 is 1.43 bits per heavy atom. The Bertz CT molecular complexity index is 562. The molecule has 0 amide bonds. The van der Waals surface area contributed by atoms with E-state index in [1.54, 1.807) is 18.5 Å². The first-order valence-electron chi connectivity index (χ1n) is 7.80. The van der Waals surface area contributed by atoms with Crippen LogP contribution >= 0.6 is 0 Å². The van der Waals surface area contributed by atoms with Crippen molar-refractivity contribution in [2.45, 2.75) is 51.7 Å². The van der Waals surface area contributed by atoms with Crippen LogP contribution in [0.5, 0.6) is 0 Å². The highest BCUT2D eigenvalue weighted by Gasteiger charge is 2.52. The maximum absolute atomic E-state index is 12.3. The van der Waals surface area contributed by atoms with E-state index in [1.807, 2.05) is 26.8 Å². The van der Waals surface area contributed by atoms with E-state index in [0.29, 0.717) is 13.0 Å². The summed E-state index contributed by atoms with van der Waals surface area (Å²) in [4.78, 5) is 27.7. The number of carbonyl (C=O) groups excluding carboxylic acids is 1. The molecule has 1 aromatic heterocycles. The monoisotopic (exact) mass is 320 g/mol. The summed E-state index contributed by atoms with van der Waals surface area (Å²) in [5, 5.41) is 12.4. The van der Waals surface area contributed by atoms with Gasteiger partial charge in [0.25, 0.3) is 0 Å². The molecule has 1 atom stereocenters. The van der Waals surface area contributed by atoms with Gasteiger partial charge < -0.3 is 15.2 Å². The third-order valence-corrected chi connectivity index (χ3v) is 3.83. The van der Waals surface area contributed by atoms with Crippen molar-refractivity contribution in [2.75, 3.05) is 6.54 Å². The van der Waals surface area contributed by atoms with Gasteiger partial charge in [0, 0.05) is 18.9 Å². The zero-order chi connectivity index (χ0) is 17.1. The van der Waals surface area contributed by atoms with Crippen molar-refractivity contribution in [3.63, 3.8) is 0 Å². The van der Waals surface area contributed by atoms with Gasteiger partial charge in [-0.2, -0.15) is 0 Å². The van der Waals surface area contributed by atoms with E-state index in [0.717, 1.165) is 18.4 Å². The zero-order valence-electron chi connectivity index (χ0n) is 13.8. The largest absolute Gasteiger partial charge is 0.480 e. The number of hydrogen-bond donors (Lipinski definition) is 2. The van der Waals surface area contributed by atoms with E-state index < -0.39 is 23.0 Å². The molecule has 2 rings (SSSR count). The van der Waals surface area contributed by atoms with Gasteiger partial charge in [-0.15, -0.1) is 0 Å². The maximum Gasteiger partial charge on any atom is 0.321 e. The number of esters is 1. The minimum atomic E-state index is -0.936. The predicted molar refractivity (Wildman–Crippen MR) is 84.9 cm³/mol. The molecule has 1 aliphatic carbocycles. The molecule has 0 aliphatic heterocycles. The van der Waals surface area contributed by atoms with Gasteiger partial charge in [-0.1, -0.05) is 6.07 Å². The third-order valence-electron chi connectivity index (χ3n) is 3.83. The first-order chi connectivity index (χ1) is 10.7. The highest BCUT2D eigenvalue weighted by Crippen LogP contribution is 2.47. The van der Waals surface area contributed by atoms with Crippen LogP contribution in [0.1, 0.15) is 39.2 Å². The first-order valence-corrected chi connectivity index (χ1v) is 7.80. The predicted octanol–water partition coefficient (Wildman–Crippen LogP) is 1.79. The van der Waals surface area contributed by atoms with Crippen molar-refractivity contribution in [2.24, 2.45) is 5.41 Å². The number of rotatable bonds is 7. The second kappa shape index (κ2) is 6.66. The van der Waals surface area contributed by atoms with Crippen molar-refractivity contribution in [3.05, 3.63) is 30.1 Å². The summed E-state index contributed by atoms with van der Waals surface area (Å²) in [7, 11) is 0. The van der Waals surface area contributed by atoms with E-state index in [2.05, 4.69) is 10.3 Å². The molecule has 2 N–H and O–H groups in total. The second-order valence-corrected chi connectivity index (χ2v) is 7.12. The summed E-state index contributed by atoms with van der Waals surface area (Å²) in [5.74, 6) is -1.18. The van der Waals surface area contributed by atoms with Gasteiger partial charge in [0.15, 0.2) is 0 Å². The quantitative estimate of drug-likeness (QED) is 0.745. The van der Waals surface area contributed by atoms with Gasteiger partial charge in [-0.3, -0.25) is 14.6 Å². The molecule has 126 valence electrons. The van der Waals surface area contributed by atoms with E-state index in [-0.39, 0.29) is 5.97 Å². The summed E-state index contributed by atoms with van der Waals surface area (Å²) in [6.07, 6.45) is 5.09. The Kier molecular flexibility index (Phi) is 5.04. The molecular weight excluding hydrogens is 296 g/mol. The SMILES string of the molecule is CC(C)(C)OC(=O)C1(CN[C@H](Cc2cccnc2)C(=O)O)CC1. The third kappa shape index (κ3) is 5.03. The normalized spacial score (nSPS) is 17.3. The lowest BCUT2D eigenvalue weighted by atomic mass is 10.0. The molecule has 1 fully saturated rings. The summed E-state index contributed by atoms with van der Waals surface area (Å²) >= 11 is 0. The average Bonchev–Trinajstić information content (AvgIpc) is 3.23. The minimum absolute atomic E-state index is 0.247. The molecule has 0 bridgehead atoms. The van der Waals surface area contributed by atoms with Crippen molar-refractivity contribution in [1.82, 2.24) is 10.3 Å². The molecule has 6 heteroatoms. The summed E-state index contributed by atoms with van der Waals surface area (Å²) < 4.78 is 5.44. The van der Waals surface area contributed by atoms with Crippen LogP contribution in [-0.4, -0.2) is 40.2 Å². The molecule has 0 saturated heterocycles. The fraction of sp³-hybridized carbons (Fsp3) is 0.588. The highest BCUT2D eigenvalue weighted by molar-refractivity contribution is 5.81. The van der Waals surface area contributed by atoms with Gasteiger partial charge in [0.2, 0.25) is 0 Å².